The van der Waals surface area contributed by atoms with Gasteiger partial charge < -0.3 is 4.42 Å². The fourth-order valence-electron chi connectivity index (χ4n) is 2.61. The molecule has 1 aromatic heterocycles. The summed E-state index contributed by atoms with van der Waals surface area (Å²) in [5.74, 6) is -2.51. The number of carbonyl (C=O) groups is 2. The number of hydrogen-bond donors (Lipinski definition) is 2. The van der Waals surface area contributed by atoms with Crippen molar-refractivity contribution in [1.29, 1.82) is 0 Å². The zero-order valence-electron chi connectivity index (χ0n) is 16.7. The number of carbonyl (C=O) groups excluding carboxylic acids is 2. The molecule has 0 atom stereocenters. The molecule has 0 radical (unpaired) electrons. The normalized spacial score (nSPS) is 11.2. The summed E-state index contributed by atoms with van der Waals surface area (Å²) in [6.07, 6.45) is 0. The Balaban J connectivity index is 1.59. The van der Waals surface area contributed by atoms with Gasteiger partial charge >= 0.3 is 5.76 Å². The van der Waals surface area contributed by atoms with Crippen LogP contribution in [0, 0.1) is 5.82 Å². The highest BCUT2D eigenvalue weighted by Crippen LogP contribution is 2.22. The van der Waals surface area contributed by atoms with E-state index < -0.39 is 29.9 Å². The lowest BCUT2D eigenvalue weighted by Crippen LogP contribution is -2.44. The fraction of sp³-hybridized carbons (Fsp3) is 0.238. The van der Waals surface area contributed by atoms with Gasteiger partial charge in [-0.05, 0) is 47.4 Å². The monoisotopic (exact) mass is 412 g/mol. The number of rotatable bonds is 4. The number of hydrazine groups is 1. The third-order valence-corrected chi connectivity index (χ3v) is 4.32. The molecular weight excluding hydrogens is 391 g/mol. The summed E-state index contributed by atoms with van der Waals surface area (Å²) in [4.78, 5) is 36.1. The summed E-state index contributed by atoms with van der Waals surface area (Å²) in [5.41, 5.74) is 6.31. The van der Waals surface area contributed by atoms with E-state index in [1.165, 1.54) is 24.3 Å². The molecule has 30 heavy (non-hydrogen) atoms. The second-order valence-corrected chi connectivity index (χ2v) is 7.67. The lowest BCUT2D eigenvalue weighted by molar-refractivity contribution is -0.122. The maximum absolute atomic E-state index is 13.0. The molecule has 0 saturated carbocycles. The predicted octanol–water partition coefficient (Wildman–Crippen LogP) is 2.40. The van der Waals surface area contributed by atoms with Gasteiger partial charge in [0.05, 0.1) is 0 Å². The number of aromatic nitrogens is 2. The van der Waals surface area contributed by atoms with Crippen molar-refractivity contribution in [2.45, 2.75) is 32.7 Å². The predicted molar refractivity (Wildman–Crippen MR) is 107 cm³/mol. The molecule has 156 valence electrons. The molecule has 0 aliphatic heterocycles. The van der Waals surface area contributed by atoms with Crippen LogP contribution in [0.2, 0.25) is 0 Å². The van der Waals surface area contributed by atoms with E-state index in [0.29, 0.717) is 11.1 Å². The Kier molecular flexibility index (Phi) is 5.81. The number of nitrogens with zero attached hydrogens (tertiary/aromatic N) is 2. The molecule has 2 N–H and O–H groups in total. The van der Waals surface area contributed by atoms with Crippen LogP contribution in [-0.4, -0.2) is 21.6 Å². The van der Waals surface area contributed by atoms with Crippen LogP contribution in [0.3, 0.4) is 0 Å². The van der Waals surface area contributed by atoms with Crippen LogP contribution in [0.4, 0.5) is 4.39 Å². The van der Waals surface area contributed by atoms with Crippen LogP contribution < -0.4 is 16.6 Å². The topological polar surface area (TPSA) is 106 Å². The number of benzene rings is 2. The Morgan fingerprint density at radius 2 is 1.67 bits per heavy atom. The molecule has 3 rings (SSSR count). The minimum atomic E-state index is -0.853. The second kappa shape index (κ2) is 8.32. The largest absolute Gasteiger partial charge is 0.437 e. The number of halogens is 1. The molecule has 1 heterocycles. The molecule has 0 aliphatic rings. The van der Waals surface area contributed by atoms with Crippen LogP contribution in [0.15, 0.2) is 57.7 Å². The summed E-state index contributed by atoms with van der Waals surface area (Å²) >= 11 is 0. The van der Waals surface area contributed by atoms with Gasteiger partial charge in [0.1, 0.15) is 12.4 Å². The van der Waals surface area contributed by atoms with Gasteiger partial charge in [0, 0.05) is 11.1 Å². The summed E-state index contributed by atoms with van der Waals surface area (Å²) < 4.78 is 18.8. The minimum Gasteiger partial charge on any atom is -0.388 e. The first-order valence-electron chi connectivity index (χ1n) is 9.17. The van der Waals surface area contributed by atoms with Crippen LogP contribution in [0.25, 0.3) is 11.5 Å². The quantitative estimate of drug-likeness (QED) is 0.640. The average molecular weight is 412 g/mol. The van der Waals surface area contributed by atoms with Gasteiger partial charge in [-0.2, -0.15) is 4.68 Å². The van der Waals surface area contributed by atoms with E-state index in [4.69, 9.17) is 4.42 Å². The van der Waals surface area contributed by atoms with Crippen LogP contribution in [0.5, 0.6) is 0 Å². The maximum atomic E-state index is 13.0. The lowest BCUT2D eigenvalue weighted by atomic mass is 9.87. The third kappa shape index (κ3) is 4.99. The first-order valence-corrected chi connectivity index (χ1v) is 9.17. The van der Waals surface area contributed by atoms with Gasteiger partial charge in [-0.25, -0.2) is 9.18 Å². The smallest absolute Gasteiger partial charge is 0.388 e. The summed E-state index contributed by atoms with van der Waals surface area (Å²) in [6.45, 7) is 5.73. The Bertz CT molecular complexity index is 1110. The second-order valence-electron chi connectivity index (χ2n) is 7.67. The Labute approximate surface area is 171 Å². The molecule has 2 amide bonds. The fourth-order valence-corrected chi connectivity index (χ4v) is 2.61. The average Bonchev–Trinajstić information content (AvgIpc) is 3.06. The molecule has 0 bridgehead atoms. The van der Waals surface area contributed by atoms with Crippen molar-refractivity contribution in [2.24, 2.45) is 0 Å². The van der Waals surface area contributed by atoms with Crippen molar-refractivity contribution < 1.29 is 18.4 Å². The van der Waals surface area contributed by atoms with Crippen molar-refractivity contribution in [3.8, 4) is 11.5 Å². The Morgan fingerprint density at radius 1 is 1.03 bits per heavy atom. The molecule has 8 nitrogen and oxygen atoms in total. The zero-order chi connectivity index (χ0) is 21.9. The first kappa shape index (κ1) is 21.0. The molecule has 9 heteroatoms. The minimum absolute atomic E-state index is 0.0408. The molecular formula is C21H21FN4O4. The van der Waals surface area contributed by atoms with Gasteiger partial charge in [0.15, 0.2) is 0 Å². The summed E-state index contributed by atoms with van der Waals surface area (Å²) in [7, 11) is 0. The van der Waals surface area contributed by atoms with Gasteiger partial charge in [-0.1, -0.05) is 32.9 Å². The van der Waals surface area contributed by atoms with Gasteiger partial charge in [-0.15, -0.1) is 5.10 Å². The number of nitrogens with one attached hydrogen (secondary N) is 2. The third-order valence-electron chi connectivity index (χ3n) is 4.32. The van der Waals surface area contributed by atoms with Crippen LogP contribution >= 0.6 is 0 Å². The molecule has 3 aromatic rings. The van der Waals surface area contributed by atoms with Crippen molar-refractivity contribution >= 4 is 11.8 Å². The molecule has 2 aromatic carbocycles. The van der Waals surface area contributed by atoms with Crippen molar-refractivity contribution in [2.75, 3.05) is 0 Å². The summed E-state index contributed by atoms with van der Waals surface area (Å²) in [5, 5.41) is 3.91. The van der Waals surface area contributed by atoms with Gasteiger partial charge in [0.25, 0.3) is 11.8 Å². The van der Waals surface area contributed by atoms with E-state index in [1.54, 1.807) is 12.1 Å². The Morgan fingerprint density at radius 3 is 2.27 bits per heavy atom. The number of hydrogen-bond acceptors (Lipinski definition) is 5. The van der Waals surface area contributed by atoms with Gasteiger partial charge in [-0.3, -0.25) is 20.4 Å². The van der Waals surface area contributed by atoms with E-state index in [2.05, 4.69) is 36.7 Å². The molecule has 0 unspecified atom stereocenters. The highest BCUT2D eigenvalue weighted by atomic mass is 19.1. The van der Waals surface area contributed by atoms with E-state index in [-0.39, 0.29) is 11.3 Å². The molecule has 0 fully saturated rings. The standard InChI is InChI=1S/C21H21FN4O4/c1-21(2,3)15-8-4-13(5-9-15)18(28)24-23-17(27)12-26-20(29)30-19(25-26)14-6-10-16(22)11-7-14/h4-11H,12H2,1-3H3,(H,23,27)(H,24,28). The number of amides is 2. The molecule has 0 aliphatic carbocycles. The van der Waals surface area contributed by atoms with E-state index in [0.717, 1.165) is 10.2 Å². The van der Waals surface area contributed by atoms with Crippen LogP contribution in [0.1, 0.15) is 36.7 Å². The zero-order valence-corrected chi connectivity index (χ0v) is 16.7. The van der Waals surface area contributed by atoms with E-state index >= 15 is 0 Å². The molecule has 0 saturated heterocycles. The van der Waals surface area contributed by atoms with E-state index in [9.17, 15) is 18.8 Å². The Hall–Kier alpha value is -3.75. The van der Waals surface area contributed by atoms with Crippen molar-refractivity contribution in [1.82, 2.24) is 20.6 Å². The van der Waals surface area contributed by atoms with Crippen molar-refractivity contribution in [3.05, 3.63) is 76.0 Å². The highest BCUT2D eigenvalue weighted by molar-refractivity contribution is 5.95. The first-order chi connectivity index (χ1) is 14.1. The maximum Gasteiger partial charge on any atom is 0.437 e. The SMILES string of the molecule is CC(C)(C)c1ccc(C(=O)NNC(=O)Cn2nc(-c3ccc(F)cc3)oc2=O)cc1. The highest BCUT2D eigenvalue weighted by Gasteiger charge is 2.16. The van der Waals surface area contributed by atoms with Gasteiger partial charge in [0.2, 0.25) is 5.89 Å². The van der Waals surface area contributed by atoms with E-state index in [1.807, 2.05) is 12.1 Å². The summed E-state index contributed by atoms with van der Waals surface area (Å²) in [6, 6.07) is 12.2. The lowest BCUT2D eigenvalue weighted by Gasteiger charge is -2.19. The molecule has 0 spiro atoms. The van der Waals surface area contributed by atoms with Crippen molar-refractivity contribution in [3.63, 3.8) is 0 Å². The van der Waals surface area contributed by atoms with Crippen LogP contribution in [-0.2, 0) is 16.8 Å².